The summed E-state index contributed by atoms with van der Waals surface area (Å²) in [5.74, 6) is 0.717. The molecule has 0 aliphatic rings. The highest BCUT2D eigenvalue weighted by Gasteiger charge is 2.05. The zero-order chi connectivity index (χ0) is 21.5. The highest BCUT2D eigenvalue weighted by molar-refractivity contribution is 6.06. The van der Waals surface area contributed by atoms with Crippen LogP contribution in [-0.2, 0) is 13.2 Å². The quantitative estimate of drug-likeness (QED) is 0.300. The first-order valence-electron chi connectivity index (χ1n) is 10.1. The van der Waals surface area contributed by atoms with Crippen molar-refractivity contribution in [2.24, 2.45) is 0 Å². The van der Waals surface area contributed by atoms with E-state index in [0.29, 0.717) is 18.7 Å². The minimum absolute atomic E-state index is 0.0188. The van der Waals surface area contributed by atoms with E-state index >= 15 is 0 Å². The van der Waals surface area contributed by atoms with Gasteiger partial charge >= 0.3 is 0 Å². The Kier molecular flexibility index (Phi) is 6.33. The van der Waals surface area contributed by atoms with Gasteiger partial charge in [0, 0.05) is 5.56 Å². The van der Waals surface area contributed by atoms with Crippen molar-refractivity contribution in [3.63, 3.8) is 0 Å². The predicted octanol–water partition coefficient (Wildman–Crippen LogP) is 5.11. The topological polar surface area (TPSA) is 57.0 Å². The second-order valence-electron chi connectivity index (χ2n) is 7.26. The highest BCUT2D eigenvalue weighted by atomic mass is 16.5. The predicted molar refractivity (Wildman–Crippen MR) is 121 cm³/mol. The van der Waals surface area contributed by atoms with Crippen LogP contribution in [0.25, 0.3) is 6.08 Å². The van der Waals surface area contributed by atoms with Crippen molar-refractivity contribution >= 4 is 11.9 Å². The monoisotopic (exact) mass is 409 g/mol. The lowest BCUT2D eigenvalue weighted by Crippen LogP contribution is -2.02. The number of allylic oxidation sites excluding steroid dienone is 1. The molecule has 0 N–H and O–H groups in total. The molecule has 0 atom stereocenters. The molecular formula is C26H23N3O2. The van der Waals surface area contributed by atoms with Gasteiger partial charge < -0.3 is 4.74 Å². The summed E-state index contributed by atoms with van der Waals surface area (Å²) in [4.78, 5) is 12.2. The van der Waals surface area contributed by atoms with Crippen LogP contribution >= 0.6 is 0 Å². The zero-order valence-corrected chi connectivity index (χ0v) is 17.3. The Labute approximate surface area is 181 Å². The van der Waals surface area contributed by atoms with Crippen molar-refractivity contribution in [1.29, 1.82) is 0 Å². The summed E-state index contributed by atoms with van der Waals surface area (Å²) in [6, 6.07) is 25.0. The standard InChI is InChI=1S/C26H23N3O2/c1-20-7-5-6-10-23(20)17-29-18-24(27-28-29)19-31-25-14-11-21(12-15-25)13-16-26(30)22-8-3-2-4-9-22/h2-16,18H,17,19H2,1H3. The molecule has 0 bridgehead atoms. The smallest absolute Gasteiger partial charge is 0.185 e. The molecule has 0 amide bonds. The highest BCUT2D eigenvalue weighted by Crippen LogP contribution is 2.15. The van der Waals surface area contributed by atoms with Crippen LogP contribution in [-0.4, -0.2) is 20.8 Å². The molecule has 0 fully saturated rings. The molecule has 0 aliphatic carbocycles. The van der Waals surface area contributed by atoms with Crippen molar-refractivity contribution in [3.05, 3.63) is 119 Å². The van der Waals surface area contributed by atoms with E-state index in [9.17, 15) is 4.79 Å². The minimum Gasteiger partial charge on any atom is -0.487 e. The molecule has 0 spiro atoms. The molecular weight excluding hydrogens is 386 g/mol. The molecule has 0 unspecified atom stereocenters. The van der Waals surface area contributed by atoms with E-state index < -0.39 is 0 Å². The van der Waals surface area contributed by atoms with E-state index in [1.807, 2.05) is 65.5 Å². The van der Waals surface area contributed by atoms with Crippen molar-refractivity contribution in [2.75, 3.05) is 0 Å². The molecule has 1 aromatic heterocycles. The summed E-state index contributed by atoms with van der Waals surface area (Å²) in [6.07, 6.45) is 5.28. The van der Waals surface area contributed by atoms with Gasteiger partial charge in [-0.1, -0.05) is 78.0 Å². The van der Waals surface area contributed by atoms with E-state index in [2.05, 4.69) is 29.4 Å². The van der Waals surface area contributed by atoms with Gasteiger partial charge in [0.15, 0.2) is 5.78 Å². The number of benzene rings is 3. The summed E-state index contributed by atoms with van der Waals surface area (Å²) >= 11 is 0. The fourth-order valence-corrected chi connectivity index (χ4v) is 3.15. The van der Waals surface area contributed by atoms with Crippen molar-refractivity contribution in [1.82, 2.24) is 15.0 Å². The molecule has 0 aliphatic heterocycles. The third-order valence-corrected chi connectivity index (χ3v) is 4.93. The maximum absolute atomic E-state index is 12.2. The van der Waals surface area contributed by atoms with Crippen LogP contribution in [0.4, 0.5) is 0 Å². The van der Waals surface area contributed by atoms with E-state index in [-0.39, 0.29) is 5.78 Å². The summed E-state index contributed by atoms with van der Waals surface area (Å²) in [5.41, 5.74) is 4.82. The Morgan fingerprint density at radius 1 is 0.968 bits per heavy atom. The van der Waals surface area contributed by atoms with Crippen molar-refractivity contribution in [2.45, 2.75) is 20.1 Å². The number of aryl methyl sites for hydroxylation is 1. The van der Waals surface area contributed by atoms with Gasteiger partial charge in [-0.2, -0.15) is 0 Å². The Hall–Kier alpha value is -3.99. The maximum atomic E-state index is 12.2. The van der Waals surface area contributed by atoms with E-state index in [1.54, 1.807) is 24.3 Å². The molecule has 5 heteroatoms. The number of ketones is 1. The summed E-state index contributed by atoms with van der Waals surface area (Å²) in [6.45, 7) is 3.12. The van der Waals surface area contributed by atoms with Crippen LogP contribution in [0, 0.1) is 6.92 Å². The van der Waals surface area contributed by atoms with Crippen molar-refractivity contribution in [3.8, 4) is 5.75 Å². The van der Waals surface area contributed by atoms with Gasteiger partial charge in [-0.3, -0.25) is 4.79 Å². The third-order valence-electron chi connectivity index (χ3n) is 4.93. The molecule has 0 saturated carbocycles. The molecule has 31 heavy (non-hydrogen) atoms. The average molecular weight is 409 g/mol. The molecule has 154 valence electrons. The lowest BCUT2D eigenvalue weighted by atomic mass is 10.1. The number of rotatable bonds is 8. The van der Waals surface area contributed by atoms with Crippen LogP contribution in [0.3, 0.4) is 0 Å². The number of carbonyl (C=O) groups excluding carboxylic acids is 1. The molecule has 4 rings (SSSR count). The number of carbonyl (C=O) groups is 1. The number of hydrogen-bond acceptors (Lipinski definition) is 4. The SMILES string of the molecule is Cc1ccccc1Cn1cc(COc2ccc(C=CC(=O)c3ccccc3)cc2)nn1. The molecule has 1 heterocycles. The lowest BCUT2D eigenvalue weighted by Gasteiger charge is -2.05. The number of aromatic nitrogens is 3. The Morgan fingerprint density at radius 2 is 1.71 bits per heavy atom. The van der Waals surface area contributed by atoms with Crippen LogP contribution in [0.15, 0.2) is 91.1 Å². The lowest BCUT2D eigenvalue weighted by molar-refractivity contribution is 0.104. The zero-order valence-electron chi connectivity index (χ0n) is 17.3. The van der Waals surface area contributed by atoms with Crippen LogP contribution in [0.1, 0.15) is 32.7 Å². The van der Waals surface area contributed by atoms with Gasteiger partial charge in [-0.05, 0) is 41.8 Å². The summed E-state index contributed by atoms with van der Waals surface area (Å²) < 4.78 is 7.64. The third kappa shape index (κ3) is 5.54. The van der Waals surface area contributed by atoms with Gasteiger partial charge in [0.05, 0.1) is 12.7 Å². The maximum Gasteiger partial charge on any atom is 0.185 e. The molecule has 5 nitrogen and oxygen atoms in total. The molecule has 0 saturated heterocycles. The fourth-order valence-electron chi connectivity index (χ4n) is 3.15. The molecule has 3 aromatic carbocycles. The van der Waals surface area contributed by atoms with Gasteiger partial charge in [-0.25, -0.2) is 4.68 Å². The van der Waals surface area contributed by atoms with E-state index in [4.69, 9.17) is 4.74 Å². The van der Waals surface area contributed by atoms with Gasteiger partial charge in [0.2, 0.25) is 0 Å². The normalized spacial score (nSPS) is 11.0. The average Bonchev–Trinajstić information content (AvgIpc) is 3.26. The minimum atomic E-state index is -0.0188. The van der Waals surface area contributed by atoms with Crippen LogP contribution < -0.4 is 4.74 Å². The second-order valence-corrected chi connectivity index (χ2v) is 7.26. The Bertz CT molecular complexity index is 1180. The number of hydrogen-bond donors (Lipinski definition) is 0. The van der Waals surface area contributed by atoms with E-state index in [1.165, 1.54) is 11.1 Å². The first kappa shape index (κ1) is 20.3. The Balaban J connectivity index is 1.31. The summed E-state index contributed by atoms with van der Waals surface area (Å²) in [5, 5.41) is 8.38. The van der Waals surface area contributed by atoms with Crippen LogP contribution in [0.2, 0.25) is 0 Å². The molecule has 0 radical (unpaired) electrons. The van der Waals surface area contributed by atoms with Gasteiger partial charge in [0.1, 0.15) is 18.1 Å². The Morgan fingerprint density at radius 3 is 2.48 bits per heavy atom. The van der Waals surface area contributed by atoms with Crippen molar-refractivity contribution < 1.29 is 9.53 Å². The van der Waals surface area contributed by atoms with Gasteiger partial charge in [-0.15, -0.1) is 5.10 Å². The number of nitrogens with zero attached hydrogens (tertiary/aromatic N) is 3. The van der Waals surface area contributed by atoms with Crippen LogP contribution in [0.5, 0.6) is 5.75 Å². The first-order valence-corrected chi connectivity index (χ1v) is 10.1. The molecule has 4 aromatic rings. The first-order chi connectivity index (χ1) is 15.2. The largest absolute Gasteiger partial charge is 0.487 e. The fraction of sp³-hybridized carbons (Fsp3) is 0.115. The number of ether oxygens (including phenoxy) is 1. The van der Waals surface area contributed by atoms with Gasteiger partial charge in [0.25, 0.3) is 0 Å². The second kappa shape index (κ2) is 9.67. The summed E-state index contributed by atoms with van der Waals surface area (Å²) in [7, 11) is 0. The van der Waals surface area contributed by atoms with E-state index in [0.717, 1.165) is 17.0 Å².